The first-order chi connectivity index (χ1) is 10.1. The summed E-state index contributed by atoms with van der Waals surface area (Å²) in [5.41, 5.74) is 11.4. The topological polar surface area (TPSA) is 43.8 Å². The molecular weight excluding hydrogens is 326 g/mol. The van der Waals surface area contributed by atoms with E-state index < -0.39 is 0 Å². The van der Waals surface area contributed by atoms with E-state index in [1.165, 1.54) is 5.56 Å². The molecule has 0 saturated carbocycles. The van der Waals surface area contributed by atoms with E-state index in [9.17, 15) is 0 Å². The fraction of sp³-hybridized carbons (Fsp3) is 0.118. The Morgan fingerprint density at radius 2 is 1.71 bits per heavy atom. The second kappa shape index (κ2) is 5.37. The van der Waals surface area contributed by atoms with Crippen LogP contribution in [0.25, 0.3) is 16.9 Å². The summed E-state index contributed by atoms with van der Waals surface area (Å²) in [4.78, 5) is 0. The summed E-state index contributed by atoms with van der Waals surface area (Å²) in [7, 11) is 0. The van der Waals surface area contributed by atoms with Crippen LogP contribution in [0.1, 0.15) is 11.1 Å². The maximum absolute atomic E-state index is 6.25. The van der Waals surface area contributed by atoms with E-state index in [1.807, 2.05) is 43.3 Å². The Labute approximate surface area is 132 Å². The number of rotatable bonds is 2. The van der Waals surface area contributed by atoms with Crippen molar-refractivity contribution >= 4 is 21.7 Å². The van der Waals surface area contributed by atoms with Crippen LogP contribution in [0, 0.1) is 13.8 Å². The van der Waals surface area contributed by atoms with Gasteiger partial charge < -0.3 is 5.73 Å². The number of aromatic nitrogens is 2. The first-order valence-electron chi connectivity index (χ1n) is 6.75. The molecular formula is C17H16BrN3. The smallest absolute Gasteiger partial charge is 0.130 e. The number of hydrogen-bond acceptors (Lipinski definition) is 2. The maximum atomic E-state index is 6.25. The van der Waals surface area contributed by atoms with Gasteiger partial charge in [-0.1, -0.05) is 36.4 Å². The fourth-order valence-corrected chi connectivity index (χ4v) is 2.81. The Morgan fingerprint density at radius 3 is 2.43 bits per heavy atom. The minimum atomic E-state index is 0.671. The standard InChI is InChI=1S/C17H16BrN3/c1-11-7-6-10-14(15(11)18)16-12(2)17(19)21(20-16)13-8-4-3-5-9-13/h3-10H,19H2,1-2H3. The highest BCUT2D eigenvalue weighted by molar-refractivity contribution is 9.10. The molecule has 0 aliphatic carbocycles. The van der Waals surface area contributed by atoms with Crippen LogP contribution in [0.15, 0.2) is 53.0 Å². The zero-order chi connectivity index (χ0) is 15.0. The Morgan fingerprint density at radius 1 is 1.00 bits per heavy atom. The lowest BCUT2D eigenvalue weighted by atomic mass is 10.1. The molecule has 106 valence electrons. The zero-order valence-electron chi connectivity index (χ0n) is 12.0. The van der Waals surface area contributed by atoms with Gasteiger partial charge in [-0.3, -0.25) is 0 Å². The molecule has 0 spiro atoms. The van der Waals surface area contributed by atoms with Gasteiger partial charge in [0, 0.05) is 15.6 Å². The van der Waals surface area contributed by atoms with Gasteiger partial charge in [0.15, 0.2) is 0 Å². The molecule has 3 rings (SSSR count). The Balaban J connectivity index is 2.20. The maximum Gasteiger partial charge on any atom is 0.130 e. The number of benzene rings is 2. The van der Waals surface area contributed by atoms with Crippen molar-refractivity contribution in [1.29, 1.82) is 0 Å². The number of hydrogen-bond donors (Lipinski definition) is 1. The van der Waals surface area contributed by atoms with Gasteiger partial charge in [-0.25, -0.2) is 4.68 Å². The van der Waals surface area contributed by atoms with Gasteiger partial charge in [0.2, 0.25) is 0 Å². The van der Waals surface area contributed by atoms with Crippen molar-refractivity contribution in [2.75, 3.05) is 5.73 Å². The Bertz CT molecular complexity index is 791. The van der Waals surface area contributed by atoms with Gasteiger partial charge in [-0.05, 0) is 47.5 Å². The molecule has 0 amide bonds. The molecule has 4 heteroatoms. The van der Waals surface area contributed by atoms with Crippen LogP contribution in [-0.2, 0) is 0 Å². The molecule has 2 aromatic carbocycles. The fourth-order valence-electron chi connectivity index (χ4n) is 2.36. The van der Waals surface area contributed by atoms with Crippen LogP contribution in [0.4, 0.5) is 5.82 Å². The van der Waals surface area contributed by atoms with Crippen molar-refractivity contribution in [3.8, 4) is 16.9 Å². The summed E-state index contributed by atoms with van der Waals surface area (Å²) >= 11 is 3.65. The SMILES string of the molecule is Cc1cccc(-c2nn(-c3ccccc3)c(N)c2C)c1Br. The number of halogens is 1. The summed E-state index contributed by atoms with van der Waals surface area (Å²) in [5, 5.41) is 4.71. The molecule has 21 heavy (non-hydrogen) atoms. The second-order valence-electron chi connectivity index (χ2n) is 5.04. The molecule has 0 fully saturated rings. The molecule has 1 heterocycles. The van der Waals surface area contributed by atoms with E-state index in [0.29, 0.717) is 5.82 Å². The second-order valence-corrected chi connectivity index (χ2v) is 5.84. The number of nitrogens with two attached hydrogens (primary N) is 1. The molecule has 0 aliphatic heterocycles. The minimum absolute atomic E-state index is 0.671. The van der Waals surface area contributed by atoms with Crippen molar-refractivity contribution in [1.82, 2.24) is 9.78 Å². The molecule has 0 aliphatic rings. The Kier molecular flexibility index (Phi) is 3.55. The quantitative estimate of drug-likeness (QED) is 0.745. The first kappa shape index (κ1) is 13.9. The van der Waals surface area contributed by atoms with Crippen LogP contribution in [0.5, 0.6) is 0 Å². The van der Waals surface area contributed by atoms with E-state index >= 15 is 0 Å². The van der Waals surface area contributed by atoms with E-state index in [2.05, 4.69) is 35.0 Å². The van der Waals surface area contributed by atoms with Gasteiger partial charge in [-0.15, -0.1) is 0 Å². The molecule has 1 aromatic heterocycles. The molecule has 0 atom stereocenters. The van der Waals surface area contributed by atoms with Gasteiger partial charge in [-0.2, -0.15) is 5.10 Å². The van der Waals surface area contributed by atoms with E-state index in [0.717, 1.165) is 27.0 Å². The predicted octanol–water partition coefficient (Wildman–Crippen LogP) is 4.50. The third-order valence-corrected chi connectivity index (χ3v) is 4.67. The summed E-state index contributed by atoms with van der Waals surface area (Å²) in [6.07, 6.45) is 0. The lowest BCUT2D eigenvalue weighted by Crippen LogP contribution is -2.01. The normalized spacial score (nSPS) is 10.8. The summed E-state index contributed by atoms with van der Waals surface area (Å²) in [6, 6.07) is 16.1. The van der Waals surface area contributed by atoms with Crippen molar-refractivity contribution in [3.05, 3.63) is 64.1 Å². The van der Waals surface area contributed by atoms with Crippen LogP contribution < -0.4 is 5.73 Å². The van der Waals surface area contributed by atoms with Gasteiger partial charge in [0.05, 0.1) is 11.4 Å². The van der Waals surface area contributed by atoms with E-state index in [-0.39, 0.29) is 0 Å². The van der Waals surface area contributed by atoms with Crippen LogP contribution in [-0.4, -0.2) is 9.78 Å². The molecule has 0 radical (unpaired) electrons. The third-order valence-electron chi connectivity index (χ3n) is 3.62. The lowest BCUT2D eigenvalue weighted by molar-refractivity contribution is 0.895. The summed E-state index contributed by atoms with van der Waals surface area (Å²) < 4.78 is 2.85. The van der Waals surface area contributed by atoms with Crippen LogP contribution in [0.2, 0.25) is 0 Å². The molecule has 0 unspecified atom stereocenters. The largest absolute Gasteiger partial charge is 0.383 e. The number of anilines is 1. The molecule has 2 N–H and O–H groups in total. The monoisotopic (exact) mass is 341 g/mol. The van der Waals surface area contributed by atoms with Gasteiger partial charge in [0.1, 0.15) is 5.82 Å². The number of aryl methyl sites for hydroxylation is 1. The van der Waals surface area contributed by atoms with Crippen molar-refractivity contribution in [2.24, 2.45) is 0 Å². The molecule has 3 nitrogen and oxygen atoms in total. The lowest BCUT2D eigenvalue weighted by Gasteiger charge is -2.05. The average molecular weight is 342 g/mol. The van der Waals surface area contributed by atoms with Crippen molar-refractivity contribution in [2.45, 2.75) is 13.8 Å². The first-order valence-corrected chi connectivity index (χ1v) is 7.55. The molecule has 0 saturated heterocycles. The number of nitrogen functional groups attached to an aromatic ring is 1. The molecule has 0 bridgehead atoms. The predicted molar refractivity (Wildman–Crippen MR) is 90.6 cm³/mol. The Hall–Kier alpha value is -2.07. The summed E-state index contributed by atoms with van der Waals surface area (Å²) in [5.74, 6) is 0.671. The highest BCUT2D eigenvalue weighted by Gasteiger charge is 2.17. The van der Waals surface area contributed by atoms with Crippen LogP contribution >= 0.6 is 15.9 Å². The highest BCUT2D eigenvalue weighted by atomic mass is 79.9. The third kappa shape index (κ3) is 2.36. The number of nitrogens with zero attached hydrogens (tertiary/aromatic N) is 2. The van der Waals surface area contributed by atoms with Crippen LogP contribution in [0.3, 0.4) is 0 Å². The minimum Gasteiger partial charge on any atom is -0.383 e. The molecule has 3 aromatic rings. The van der Waals surface area contributed by atoms with Gasteiger partial charge >= 0.3 is 0 Å². The van der Waals surface area contributed by atoms with Crippen molar-refractivity contribution in [3.63, 3.8) is 0 Å². The van der Waals surface area contributed by atoms with Crippen molar-refractivity contribution < 1.29 is 0 Å². The average Bonchev–Trinajstić information content (AvgIpc) is 2.79. The van der Waals surface area contributed by atoms with E-state index in [1.54, 1.807) is 4.68 Å². The van der Waals surface area contributed by atoms with E-state index in [4.69, 9.17) is 10.8 Å². The highest BCUT2D eigenvalue weighted by Crippen LogP contribution is 2.34. The van der Waals surface area contributed by atoms with Gasteiger partial charge in [0.25, 0.3) is 0 Å². The zero-order valence-corrected chi connectivity index (χ0v) is 13.6. The number of para-hydroxylation sites is 1. The summed E-state index contributed by atoms with van der Waals surface area (Å²) in [6.45, 7) is 4.08.